The number of aromatic amines is 1. The number of aromatic nitrogens is 4. The van der Waals surface area contributed by atoms with Crippen LogP contribution in [0, 0.1) is 24.5 Å². The summed E-state index contributed by atoms with van der Waals surface area (Å²) in [6.07, 6.45) is 6.42. The third-order valence-corrected chi connectivity index (χ3v) is 6.45. The number of hydrogen-bond donors (Lipinski definition) is 2. The number of rotatable bonds is 6. The zero-order chi connectivity index (χ0) is 24.5. The summed E-state index contributed by atoms with van der Waals surface area (Å²) < 4.78 is 34.7. The molecule has 0 radical (unpaired) electrons. The smallest absolute Gasteiger partial charge is 0.303 e. The summed E-state index contributed by atoms with van der Waals surface area (Å²) in [5.41, 5.74) is 2.88. The molecule has 1 saturated carbocycles. The number of carbonyl (C=O) groups is 1. The Morgan fingerprint density at radius 3 is 2.57 bits per heavy atom. The summed E-state index contributed by atoms with van der Waals surface area (Å²) in [6, 6.07) is 7.67. The molecule has 2 aromatic heterocycles. The molecule has 4 aromatic rings. The van der Waals surface area contributed by atoms with Crippen LogP contribution in [0.2, 0.25) is 0 Å². The van der Waals surface area contributed by atoms with Crippen LogP contribution in [0.1, 0.15) is 37.7 Å². The van der Waals surface area contributed by atoms with Gasteiger partial charge in [-0.15, -0.1) is 0 Å². The molecule has 7 nitrogen and oxygen atoms in total. The molecule has 2 aromatic carbocycles. The van der Waals surface area contributed by atoms with Crippen molar-refractivity contribution in [3.63, 3.8) is 0 Å². The molecule has 0 aliphatic heterocycles. The zero-order valence-corrected chi connectivity index (χ0v) is 19.1. The summed E-state index contributed by atoms with van der Waals surface area (Å²) in [7, 11) is 0. The van der Waals surface area contributed by atoms with E-state index in [2.05, 4.69) is 19.9 Å². The molecule has 1 fully saturated rings. The lowest BCUT2D eigenvalue weighted by atomic mass is 9.85. The van der Waals surface area contributed by atoms with E-state index in [1.54, 1.807) is 25.1 Å². The molecule has 0 atom stereocenters. The summed E-state index contributed by atoms with van der Waals surface area (Å²) >= 11 is 0. The monoisotopic (exact) mass is 478 g/mol. The van der Waals surface area contributed by atoms with E-state index in [9.17, 15) is 13.6 Å². The molecule has 5 rings (SSSR count). The Bertz CT molecular complexity index is 1340. The standard InChI is InChI=1S/C26H24F2N4O3/c1-14-8-21-22(11-19(14)27)32-26(31-21)18-7-4-16(10-20(18)28)23-12-30-24(13-29-23)35-17-5-2-15(3-6-17)9-25(33)34/h4,7-8,10-13,15,17H,2-3,5-6,9H2,1H3,(H,31,32)(H,33,34). The van der Waals surface area contributed by atoms with Crippen molar-refractivity contribution in [1.82, 2.24) is 19.9 Å². The first-order chi connectivity index (χ1) is 16.9. The average molecular weight is 478 g/mol. The highest BCUT2D eigenvalue weighted by molar-refractivity contribution is 5.80. The fourth-order valence-corrected chi connectivity index (χ4v) is 4.53. The number of carboxylic acid groups (broad SMARTS) is 1. The summed E-state index contributed by atoms with van der Waals surface area (Å²) in [5, 5.41) is 8.94. The van der Waals surface area contributed by atoms with Gasteiger partial charge in [-0.25, -0.2) is 23.7 Å². The molecular formula is C26H24F2N4O3. The van der Waals surface area contributed by atoms with E-state index in [1.165, 1.54) is 24.5 Å². The van der Waals surface area contributed by atoms with E-state index >= 15 is 0 Å². The van der Waals surface area contributed by atoms with Crippen molar-refractivity contribution in [2.45, 2.75) is 45.1 Å². The van der Waals surface area contributed by atoms with Crippen LogP contribution in [0.3, 0.4) is 0 Å². The number of hydrogen-bond acceptors (Lipinski definition) is 5. The Morgan fingerprint density at radius 2 is 1.89 bits per heavy atom. The minimum atomic E-state index is -0.761. The van der Waals surface area contributed by atoms with Crippen molar-refractivity contribution in [1.29, 1.82) is 0 Å². The third-order valence-electron chi connectivity index (χ3n) is 6.45. The highest BCUT2D eigenvalue weighted by atomic mass is 19.1. The highest BCUT2D eigenvalue weighted by Gasteiger charge is 2.24. The van der Waals surface area contributed by atoms with Crippen molar-refractivity contribution in [2.24, 2.45) is 5.92 Å². The number of carboxylic acids is 1. The normalized spacial score (nSPS) is 18.0. The Balaban J connectivity index is 1.27. The molecule has 9 heteroatoms. The van der Waals surface area contributed by atoms with Crippen LogP contribution in [0.15, 0.2) is 42.7 Å². The summed E-state index contributed by atoms with van der Waals surface area (Å²) in [4.78, 5) is 26.9. The lowest BCUT2D eigenvalue weighted by molar-refractivity contribution is -0.138. The van der Waals surface area contributed by atoms with Crippen LogP contribution < -0.4 is 4.74 Å². The fourth-order valence-electron chi connectivity index (χ4n) is 4.53. The molecule has 0 spiro atoms. The number of H-pyrrole nitrogens is 1. The Hall–Kier alpha value is -3.88. The second-order valence-corrected chi connectivity index (χ2v) is 9.00. The second-order valence-electron chi connectivity index (χ2n) is 9.00. The molecule has 0 saturated heterocycles. The number of aryl methyl sites for hydroxylation is 1. The van der Waals surface area contributed by atoms with Crippen molar-refractivity contribution >= 4 is 17.0 Å². The van der Waals surface area contributed by atoms with Crippen molar-refractivity contribution in [3.05, 3.63) is 59.9 Å². The van der Waals surface area contributed by atoms with E-state index < -0.39 is 11.8 Å². The van der Waals surface area contributed by atoms with Gasteiger partial charge in [0.05, 0.1) is 34.7 Å². The van der Waals surface area contributed by atoms with Gasteiger partial charge < -0.3 is 14.8 Å². The third kappa shape index (κ3) is 4.99. The molecule has 2 N–H and O–H groups in total. The SMILES string of the molecule is Cc1cc2[nH]c(-c3ccc(-c4cnc(OC5CCC(CC(=O)O)CC5)cn4)cc3F)nc2cc1F. The zero-order valence-electron chi connectivity index (χ0n) is 19.1. The number of aliphatic carboxylic acids is 1. The molecule has 1 aliphatic carbocycles. The van der Waals surface area contributed by atoms with E-state index in [-0.39, 0.29) is 29.8 Å². The van der Waals surface area contributed by atoms with Gasteiger partial charge in [-0.05, 0) is 62.3 Å². The van der Waals surface area contributed by atoms with E-state index in [0.29, 0.717) is 39.6 Å². The maximum atomic E-state index is 15.0. The van der Waals surface area contributed by atoms with Crippen LogP contribution in [-0.2, 0) is 4.79 Å². The number of fused-ring (bicyclic) bond motifs is 1. The fraction of sp³-hybridized carbons (Fsp3) is 0.308. The second kappa shape index (κ2) is 9.40. The lowest BCUT2D eigenvalue weighted by Crippen LogP contribution is -2.25. The van der Waals surface area contributed by atoms with Gasteiger partial charge in [0.1, 0.15) is 23.6 Å². The predicted molar refractivity (Wildman–Crippen MR) is 126 cm³/mol. The minimum Gasteiger partial charge on any atom is -0.481 e. The predicted octanol–water partition coefficient (Wildman–Crippen LogP) is 5.69. The van der Waals surface area contributed by atoms with Crippen molar-refractivity contribution in [3.8, 4) is 28.5 Å². The van der Waals surface area contributed by atoms with Crippen LogP contribution in [0.4, 0.5) is 8.78 Å². The molecule has 180 valence electrons. The molecule has 0 bridgehead atoms. The Labute approximate surface area is 200 Å². The van der Waals surface area contributed by atoms with E-state index in [0.717, 1.165) is 25.7 Å². The summed E-state index contributed by atoms with van der Waals surface area (Å²) in [6.45, 7) is 1.66. The maximum absolute atomic E-state index is 15.0. The van der Waals surface area contributed by atoms with Gasteiger partial charge in [-0.1, -0.05) is 6.07 Å². The van der Waals surface area contributed by atoms with Crippen molar-refractivity contribution < 1.29 is 23.4 Å². The minimum absolute atomic E-state index is 0.0157. The maximum Gasteiger partial charge on any atom is 0.303 e. The Morgan fingerprint density at radius 1 is 1.09 bits per heavy atom. The number of imidazole rings is 1. The molecular weight excluding hydrogens is 454 g/mol. The molecule has 35 heavy (non-hydrogen) atoms. The lowest BCUT2D eigenvalue weighted by Gasteiger charge is -2.27. The Kier molecular flexibility index (Phi) is 6.15. The van der Waals surface area contributed by atoms with Crippen LogP contribution in [0.5, 0.6) is 5.88 Å². The van der Waals surface area contributed by atoms with Crippen LogP contribution in [-0.4, -0.2) is 37.1 Å². The quantitative estimate of drug-likeness (QED) is 0.369. The van der Waals surface area contributed by atoms with Crippen LogP contribution in [0.25, 0.3) is 33.7 Å². The molecule has 1 aliphatic rings. The molecule has 2 heterocycles. The van der Waals surface area contributed by atoms with Gasteiger partial charge in [0, 0.05) is 18.1 Å². The van der Waals surface area contributed by atoms with E-state index in [4.69, 9.17) is 9.84 Å². The first-order valence-corrected chi connectivity index (χ1v) is 11.5. The van der Waals surface area contributed by atoms with Crippen LogP contribution >= 0.6 is 0 Å². The van der Waals surface area contributed by atoms with Crippen molar-refractivity contribution in [2.75, 3.05) is 0 Å². The van der Waals surface area contributed by atoms with Gasteiger partial charge in [-0.2, -0.15) is 0 Å². The van der Waals surface area contributed by atoms with Gasteiger partial charge in [0.25, 0.3) is 0 Å². The topological polar surface area (TPSA) is 101 Å². The first-order valence-electron chi connectivity index (χ1n) is 11.5. The number of nitrogens with one attached hydrogen (secondary N) is 1. The molecule has 0 unspecified atom stereocenters. The average Bonchev–Trinajstić information content (AvgIpc) is 3.23. The number of nitrogens with zero attached hydrogens (tertiary/aromatic N) is 3. The van der Waals surface area contributed by atoms with Gasteiger partial charge in [0.15, 0.2) is 0 Å². The number of ether oxygens (including phenoxy) is 1. The largest absolute Gasteiger partial charge is 0.481 e. The van der Waals surface area contributed by atoms with Gasteiger partial charge >= 0.3 is 5.97 Å². The number of halogens is 2. The number of benzene rings is 2. The molecule has 0 amide bonds. The van der Waals surface area contributed by atoms with Gasteiger partial charge in [-0.3, -0.25) is 4.79 Å². The van der Waals surface area contributed by atoms with Gasteiger partial charge in [0.2, 0.25) is 5.88 Å². The summed E-state index contributed by atoms with van der Waals surface area (Å²) in [5.74, 6) is -0.701. The van der Waals surface area contributed by atoms with E-state index in [1.807, 2.05) is 0 Å². The highest BCUT2D eigenvalue weighted by Crippen LogP contribution is 2.30. The first kappa shape index (κ1) is 22.9.